The molecule has 0 aliphatic heterocycles. The molecule has 0 radical (unpaired) electrons. The zero-order valence-electron chi connectivity index (χ0n) is 9.79. The Bertz CT molecular complexity index is 349. The Morgan fingerprint density at radius 2 is 2.18 bits per heavy atom. The fourth-order valence-corrected chi connectivity index (χ4v) is 1.74. The molecule has 0 saturated carbocycles. The first kappa shape index (κ1) is 14.6. The van der Waals surface area contributed by atoms with E-state index < -0.39 is 0 Å². The van der Waals surface area contributed by atoms with Crippen molar-refractivity contribution in [2.45, 2.75) is 12.5 Å². The molecule has 0 spiro atoms. The molecule has 1 aromatic carbocycles. The van der Waals surface area contributed by atoms with Gasteiger partial charge in [0.05, 0.1) is 19.8 Å². The molecule has 0 amide bonds. The van der Waals surface area contributed by atoms with Crippen LogP contribution in [0.3, 0.4) is 0 Å². The highest BCUT2D eigenvalue weighted by Crippen LogP contribution is 2.16. The van der Waals surface area contributed by atoms with Crippen molar-refractivity contribution in [3.63, 3.8) is 0 Å². The van der Waals surface area contributed by atoms with Gasteiger partial charge in [-0.3, -0.25) is 0 Å². The van der Waals surface area contributed by atoms with Gasteiger partial charge in [-0.2, -0.15) is 0 Å². The summed E-state index contributed by atoms with van der Waals surface area (Å²) in [4.78, 5) is 0. The maximum absolute atomic E-state index is 13.5. The van der Waals surface area contributed by atoms with Crippen molar-refractivity contribution in [2.75, 3.05) is 26.9 Å². The van der Waals surface area contributed by atoms with E-state index in [0.29, 0.717) is 31.8 Å². The molecule has 0 fully saturated rings. The first-order valence-electron chi connectivity index (χ1n) is 5.39. The van der Waals surface area contributed by atoms with Gasteiger partial charge in [0.1, 0.15) is 5.82 Å². The average Bonchev–Trinajstić information content (AvgIpc) is 2.28. The lowest BCUT2D eigenvalue weighted by Crippen LogP contribution is -2.29. The van der Waals surface area contributed by atoms with Crippen LogP contribution in [0.15, 0.2) is 22.7 Å². The van der Waals surface area contributed by atoms with E-state index in [1.807, 2.05) is 0 Å². The molecule has 17 heavy (non-hydrogen) atoms. The van der Waals surface area contributed by atoms with E-state index in [-0.39, 0.29) is 11.9 Å². The second-order valence-electron chi connectivity index (χ2n) is 3.77. The van der Waals surface area contributed by atoms with Crippen molar-refractivity contribution in [1.82, 2.24) is 0 Å². The third kappa shape index (κ3) is 5.59. The van der Waals surface area contributed by atoms with Crippen molar-refractivity contribution < 1.29 is 13.9 Å². The van der Waals surface area contributed by atoms with Gasteiger partial charge in [0, 0.05) is 17.6 Å². The number of hydrogen-bond acceptors (Lipinski definition) is 3. The van der Waals surface area contributed by atoms with E-state index in [9.17, 15) is 4.39 Å². The number of rotatable bonds is 7. The summed E-state index contributed by atoms with van der Waals surface area (Å²) >= 11 is 3.21. The number of nitrogens with two attached hydrogens (primary N) is 1. The van der Waals surface area contributed by atoms with Crippen LogP contribution < -0.4 is 5.73 Å². The minimum absolute atomic E-state index is 0.206. The van der Waals surface area contributed by atoms with Gasteiger partial charge in [-0.15, -0.1) is 0 Å². The van der Waals surface area contributed by atoms with E-state index in [1.54, 1.807) is 19.2 Å². The highest BCUT2D eigenvalue weighted by molar-refractivity contribution is 9.10. The minimum Gasteiger partial charge on any atom is -0.382 e. The zero-order valence-corrected chi connectivity index (χ0v) is 11.4. The molecule has 96 valence electrons. The second kappa shape index (κ2) is 7.76. The van der Waals surface area contributed by atoms with E-state index in [0.717, 1.165) is 4.47 Å². The lowest BCUT2D eigenvalue weighted by atomic mass is 10.1. The van der Waals surface area contributed by atoms with Crippen LogP contribution in [-0.4, -0.2) is 33.0 Å². The van der Waals surface area contributed by atoms with Gasteiger partial charge < -0.3 is 15.2 Å². The molecule has 0 heterocycles. The van der Waals surface area contributed by atoms with Gasteiger partial charge in [0.2, 0.25) is 0 Å². The Labute approximate surface area is 109 Å². The standard InChI is InChI=1S/C12H17BrFNO2/c1-16-4-5-17-8-11(15)6-9-2-3-10(13)7-12(9)14/h2-3,7,11H,4-6,8,15H2,1H3. The summed E-state index contributed by atoms with van der Waals surface area (Å²) in [7, 11) is 1.61. The summed E-state index contributed by atoms with van der Waals surface area (Å²) in [6, 6.07) is 4.77. The van der Waals surface area contributed by atoms with Crippen molar-refractivity contribution in [1.29, 1.82) is 0 Å². The minimum atomic E-state index is -0.244. The van der Waals surface area contributed by atoms with Crippen LogP contribution in [0.4, 0.5) is 4.39 Å². The fraction of sp³-hybridized carbons (Fsp3) is 0.500. The van der Waals surface area contributed by atoms with Crippen LogP contribution in [-0.2, 0) is 15.9 Å². The van der Waals surface area contributed by atoms with Crippen molar-refractivity contribution in [3.8, 4) is 0 Å². The number of halogens is 2. The Morgan fingerprint density at radius 3 is 2.82 bits per heavy atom. The molecule has 1 atom stereocenters. The molecule has 0 aromatic heterocycles. The molecule has 0 aliphatic rings. The monoisotopic (exact) mass is 305 g/mol. The predicted octanol–water partition coefficient (Wildman–Crippen LogP) is 2.12. The predicted molar refractivity (Wildman–Crippen MR) is 68.5 cm³/mol. The highest BCUT2D eigenvalue weighted by atomic mass is 79.9. The smallest absolute Gasteiger partial charge is 0.127 e. The molecule has 0 bridgehead atoms. The van der Waals surface area contributed by atoms with Crippen LogP contribution in [0.2, 0.25) is 0 Å². The molecule has 1 unspecified atom stereocenters. The first-order chi connectivity index (χ1) is 8.13. The van der Waals surface area contributed by atoms with Crippen molar-refractivity contribution in [3.05, 3.63) is 34.1 Å². The van der Waals surface area contributed by atoms with Crippen LogP contribution >= 0.6 is 15.9 Å². The number of hydrogen-bond donors (Lipinski definition) is 1. The molecule has 1 aromatic rings. The van der Waals surface area contributed by atoms with Gasteiger partial charge in [0.15, 0.2) is 0 Å². The van der Waals surface area contributed by atoms with Gasteiger partial charge >= 0.3 is 0 Å². The van der Waals surface area contributed by atoms with E-state index in [2.05, 4.69) is 15.9 Å². The molecular weight excluding hydrogens is 289 g/mol. The lowest BCUT2D eigenvalue weighted by molar-refractivity contribution is 0.0636. The van der Waals surface area contributed by atoms with E-state index in [1.165, 1.54) is 6.07 Å². The van der Waals surface area contributed by atoms with Gasteiger partial charge in [-0.1, -0.05) is 22.0 Å². The van der Waals surface area contributed by atoms with Crippen molar-refractivity contribution >= 4 is 15.9 Å². The summed E-state index contributed by atoms with van der Waals surface area (Å²) in [5.41, 5.74) is 6.46. The largest absolute Gasteiger partial charge is 0.382 e. The van der Waals surface area contributed by atoms with E-state index >= 15 is 0 Å². The highest BCUT2D eigenvalue weighted by Gasteiger charge is 2.08. The normalized spacial score (nSPS) is 12.7. The topological polar surface area (TPSA) is 44.5 Å². The second-order valence-corrected chi connectivity index (χ2v) is 4.68. The van der Waals surface area contributed by atoms with Gasteiger partial charge in [0.25, 0.3) is 0 Å². The summed E-state index contributed by atoms with van der Waals surface area (Å²) in [5, 5.41) is 0. The van der Waals surface area contributed by atoms with Gasteiger partial charge in [-0.05, 0) is 24.1 Å². The number of ether oxygens (including phenoxy) is 2. The summed E-state index contributed by atoms with van der Waals surface area (Å²) in [6.07, 6.45) is 0.464. The maximum atomic E-state index is 13.5. The summed E-state index contributed by atoms with van der Waals surface area (Å²) in [6.45, 7) is 1.45. The third-order valence-electron chi connectivity index (χ3n) is 2.26. The van der Waals surface area contributed by atoms with Crippen LogP contribution in [0.5, 0.6) is 0 Å². The average molecular weight is 306 g/mol. The molecule has 2 N–H and O–H groups in total. The molecule has 3 nitrogen and oxygen atoms in total. The fourth-order valence-electron chi connectivity index (χ4n) is 1.41. The van der Waals surface area contributed by atoms with Gasteiger partial charge in [-0.25, -0.2) is 4.39 Å². The quantitative estimate of drug-likeness (QED) is 0.785. The zero-order chi connectivity index (χ0) is 12.7. The SMILES string of the molecule is COCCOCC(N)Cc1ccc(Br)cc1F. The van der Waals surface area contributed by atoms with Crippen LogP contribution in [0.1, 0.15) is 5.56 Å². The lowest BCUT2D eigenvalue weighted by Gasteiger charge is -2.12. The van der Waals surface area contributed by atoms with Crippen LogP contribution in [0, 0.1) is 5.82 Å². The van der Waals surface area contributed by atoms with Crippen LogP contribution in [0.25, 0.3) is 0 Å². The Kier molecular flexibility index (Phi) is 6.65. The van der Waals surface area contributed by atoms with Crippen molar-refractivity contribution in [2.24, 2.45) is 5.73 Å². The molecule has 0 saturated heterocycles. The molecule has 0 aliphatic carbocycles. The molecule has 1 rings (SSSR count). The van der Waals surface area contributed by atoms with E-state index in [4.69, 9.17) is 15.2 Å². The molecular formula is C12H17BrFNO2. The third-order valence-corrected chi connectivity index (χ3v) is 2.75. The number of methoxy groups -OCH3 is 1. The summed E-state index contributed by atoms with van der Waals surface area (Å²) in [5.74, 6) is -0.244. The summed E-state index contributed by atoms with van der Waals surface area (Å²) < 4.78 is 24.4. The molecule has 5 heteroatoms. The number of benzene rings is 1. The first-order valence-corrected chi connectivity index (χ1v) is 6.19. The Balaban J connectivity index is 2.37. The Hall–Kier alpha value is -0.490. The maximum Gasteiger partial charge on any atom is 0.127 e. The Morgan fingerprint density at radius 1 is 1.41 bits per heavy atom.